The van der Waals surface area contributed by atoms with Gasteiger partial charge in [-0.2, -0.15) is 5.10 Å². The molecule has 2 aliphatic rings. The topological polar surface area (TPSA) is 88.5 Å². The number of hydrogen-bond acceptors (Lipinski definition) is 5. The number of ether oxygens (including phenoxy) is 1. The van der Waals surface area contributed by atoms with E-state index in [9.17, 15) is 14.0 Å². The Morgan fingerprint density at radius 3 is 2.63 bits per heavy atom. The van der Waals surface area contributed by atoms with Crippen LogP contribution in [-0.4, -0.2) is 40.5 Å². The Morgan fingerprint density at radius 2 is 2.00 bits per heavy atom. The van der Waals surface area contributed by atoms with Crippen molar-refractivity contribution in [2.75, 3.05) is 16.8 Å². The Hall–Kier alpha value is -3.10. The van der Waals surface area contributed by atoms with E-state index in [0.29, 0.717) is 24.3 Å². The molecule has 2 fully saturated rings. The molecular formula is C26H36FN5O3. The summed E-state index contributed by atoms with van der Waals surface area (Å²) in [6, 6.07) is 6.90. The summed E-state index contributed by atoms with van der Waals surface area (Å²) in [5.41, 5.74) is 1.54. The van der Waals surface area contributed by atoms with Crippen molar-refractivity contribution in [3.8, 4) is 0 Å². The minimum Gasteiger partial charge on any atom is -0.446 e. The van der Waals surface area contributed by atoms with Crippen LogP contribution in [0.15, 0.2) is 24.3 Å². The van der Waals surface area contributed by atoms with Crippen LogP contribution in [0.5, 0.6) is 0 Å². The molecule has 2 N–H and O–H groups in total. The SMILES string of the molecule is CC(C)NC(=O)O[C@@H]1CC[C@H](c2cc(Nc3ccc(N4CCCC4=O)c(F)c3)n(C(C)(C)C)n2)C1. The van der Waals surface area contributed by atoms with E-state index in [1.807, 2.05) is 24.6 Å². The molecule has 2 heterocycles. The maximum absolute atomic E-state index is 14.9. The molecule has 2 aromatic rings. The highest BCUT2D eigenvalue weighted by atomic mass is 19.1. The van der Waals surface area contributed by atoms with Gasteiger partial charge in [-0.3, -0.25) is 4.79 Å². The molecule has 8 nitrogen and oxygen atoms in total. The number of hydrogen-bond donors (Lipinski definition) is 2. The van der Waals surface area contributed by atoms with Gasteiger partial charge in [0.1, 0.15) is 17.7 Å². The Morgan fingerprint density at radius 1 is 1.23 bits per heavy atom. The Balaban J connectivity index is 1.50. The fourth-order valence-electron chi connectivity index (χ4n) is 4.79. The van der Waals surface area contributed by atoms with Gasteiger partial charge in [0.2, 0.25) is 5.91 Å². The fourth-order valence-corrected chi connectivity index (χ4v) is 4.79. The number of nitrogens with zero attached hydrogens (tertiary/aromatic N) is 3. The monoisotopic (exact) mass is 485 g/mol. The summed E-state index contributed by atoms with van der Waals surface area (Å²) in [5.74, 6) is 0.471. The predicted molar refractivity (Wildman–Crippen MR) is 134 cm³/mol. The molecule has 35 heavy (non-hydrogen) atoms. The smallest absolute Gasteiger partial charge is 0.407 e. The van der Waals surface area contributed by atoms with Crippen LogP contribution in [0.3, 0.4) is 0 Å². The van der Waals surface area contributed by atoms with Gasteiger partial charge >= 0.3 is 6.09 Å². The van der Waals surface area contributed by atoms with Crippen molar-refractivity contribution < 1.29 is 18.7 Å². The average molecular weight is 486 g/mol. The van der Waals surface area contributed by atoms with Crippen molar-refractivity contribution in [3.63, 3.8) is 0 Å². The molecule has 0 spiro atoms. The zero-order valence-electron chi connectivity index (χ0n) is 21.2. The van der Waals surface area contributed by atoms with Gasteiger partial charge in [0.15, 0.2) is 0 Å². The van der Waals surface area contributed by atoms with Crippen molar-refractivity contribution >= 4 is 29.2 Å². The molecule has 0 unspecified atom stereocenters. The molecule has 190 valence electrons. The van der Waals surface area contributed by atoms with E-state index in [2.05, 4.69) is 31.4 Å². The number of alkyl carbamates (subject to hydrolysis) is 1. The first-order valence-electron chi connectivity index (χ1n) is 12.5. The predicted octanol–water partition coefficient (Wildman–Crippen LogP) is 5.42. The van der Waals surface area contributed by atoms with Gasteiger partial charge in [0, 0.05) is 36.7 Å². The van der Waals surface area contributed by atoms with E-state index in [4.69, 9.17) is 9.84 Å². The summed E-state index contributed by atoms with van der Waals surface area (Å²) in [6.07, 6.45) is 3.10. The second kappa shape index (κ2) is 9.87. The molecule has 1 aliphatic carbocycles. The summed E-state index contributed by atoms with van der Waals surface area (Å²) in [4.78, 5) is 25.5. The fraction of sp³-hybridized carbons (Fsp3) is 0.577. The standard InChI is InChI=1S/C26H36FN5O3/c1-16(2)28-25(34)35-19-10-8-17(13-19)21-15-23(32(30-21)26(3,4)5)29-18-9-11-22(20(27)14-18)31-12-6-7-24(31)33/h9,11,14-17,19,29H,6-8,10,12-13H2,1-5H3,(H,28,34)/t17-,19+/m0/s1. The van der Waals surface area contributed by atoms with E-state index < -0.39 is 5.82 Å². The molecule has 0 bridgehead atoms. The molecular weight excluding hydrogens is 449 g/mol. The van der Waals surface area contributed by atoms with Crippen LogP contribution >= 0.6 is 0 Å². The number of amides is 2. The van der Waals surface area contributed by atoms with Gasteiger partial charge in [0.05, 0.1) is 16.9 Å². The molecule has 4 rings (SSSR count). The molecule has 1 saturated heterocycles. The Kier molecular flexibility index (Phi) is 7.05. The van der Waals surface area contributed by atoms with Crippen molar-refractivity contribution in [3.05, 3.63) is 35.8 Å². The lowest BCUT2D eigenvalue weighted by Crippen LogP contribution is -2.33. The average Bonchev–Trinajstić information content (AvgIpc) is 3.47. The second-order valence-electron chi connectivity index (χ2n) is 10.8. The lowest BCUT2D eigenvalue weighted by Gasteiger charge is -2.23. The van der Waals surface area contributed by atoms with Gasteiger partial charge in [-0.05, 0) is 78.5 Å². The molecule has 0 radical (unpaired) electrons. The summed E-state index contributed by atoms with van der Waals surface area (Å²) in [7, 11) is 0. The van der Waals surface area contributed by atoms with Crippen LogP contribution in [0.25, 0.3) is 0 Å². The van der Waals surface area contributed by atoms with Crippen LogP contribution in [0.2, 0.25) is 0 Å². The lowest BCUT2D eigenvalue weighted by atomic mass is 10.0. The third kappa shape index (κ3) is 5.77. The summed E-state index contributed by atoms with van der Waals surface area (Å²) >= 11 is 0. The normalized spacial score (nSPS) is 20.5. The van der Waals surface area contributed by atoms with Crippen LogP contribution in [0, 0.1) is 5.82 Å². The molecule has 1 aliphatic heterocycles. The van der Waals surface area contributed by atoms with Crippen LogP contribution in [0.1, 0.15) is 78.3 Å². The van der Waals surface area contributed by atoms with E-state index in [1.54, 1.807) is 12.1 Å². The molecule has 1 aromatic carbocycles. The van der Waals surface area contributed by atoms with Gasteiger partial charge in [0.25, 0.3) is 0 Å². The third-order valence-corrected chi connectivity index (χ3v) is 6.43. The largest absolute Gasteiger partial charge is 0.446 e. The first kappa shape index (κ1) is 25.0. The number of benzene rings is 1. The van der Waals surface area contributed by atoms with E-state index in [0.717, 1.165) is 37.2 Å². The number of halogens is 1. The minimum absolute atomic E-state index is 0.0329. The highest BCUT2D eigenvalue weighted by Gasteiger charge is 2.32. The highest BCUT2D eigenvalue weighted by Crippen LogP contribution is 2.38. The molecule has 1 aromatic heterocycles. The first-order chi connectivity index (χ1) is 16.5. The minimum atomic E-state index is -0.428. The number of aromatic nitrogens is 2. The zero-order valence-corrected chi connectivity index (χ0v) is 21.2. The quantitative estimate of drug-likeness (QED) is 0.571. The maximum Gasteiger partial charge on any atom is 0.407 e. The highest BCUT2D eigenvalue weighted by molar-refractivity contribution is 5.95. The summed E-state index contributed by atoms with van der Waals surface area (Å²) < 4.78 is 22.4. The molecule has 1 saturated carbocycles. The van der Waals surface area contributed by atoms with Crippen molar-refractivity contribution in [2.45, 2.75) is 90.3 Å². The second-order valence-corrected chi connectivity index (χ2v) is 10.8. The van der Waals surface area contributed by atoms with Crippen molar-refractivity contribution in [1.82, 2.24) is 15.1 Å². The Bertz CT molecular complexity index is 1090. The van der Waals surface area contributed by atoms with E-state index in [-0.39, 0.29) is 35.6 Å². The van der Waals surface area contributed by atoms with Gasteiger partial charge in [-0.1, -0.05) is 0 Å². The summed E-state index contributed by atoms with van der Waals surface area (Å²) in [5, 5.41) is 11.0. The first-order valence-corrected chi connectivity index (χ1v) is 12.5. The Labute approximate surface area is 206 Å². The molecule has 9 heteroatoms. The number of nitrogens with one attached hydrogen (secondary N) is 2. The summed E-state index contributed by atoms with van der Waals surface area (Å²) in [6.45, 7) is 10.5. The number of carbonyl (C=O) groups excluding carboxylic acids is 2. The molecule has 2 amide bonds. The third-order valence-electron chi connectivity index (χ3n) is 6.43. The zero-order chi connectivity index (χ0) is 25.3. The molecule has 2 atom stereocenters. The number of rotatable bonds is 6. The lowest BCUT2D eigenvalue weighted by molar-refractivity contribution is -0.117. The van der Waals surface area contributed by atoms with Crippen molar-refractivity contribution in [1.29, 1.82) is 0 Å². The maximum atomic E-state index is 14.9. The van der Waals surface area contributed by atoms with Gasteiger partial charge in [-0.25, -0.2) is 13.9 Å². The van der Waals surface area contributed by atoms with E-state index >= 15 is 0 Å². The number of anilines is 3. The number of carbonyl (C=O) groups is 2. The van der Waals surface area contributed by atoms with Crippen LogP contribution in [-0.2, 0) is 15.1 Å². The van der Waals surface area contributed by atoms with Crippen LogP contribution in [0.4, 0.5) is 26.4 Å². The van der Waals surface area contributed by atoms with Crippen LogP contribution < -0.4 is 15.5 Å². The van der Waals surface area contributed by atoms with Crippen molar-refractivity contribution in [2.24, 2.45) is 0 Å². The van der Waals surface area contributed by atoms with Gasteiger partial charge in [-0.15, -0.1) is 0 Å². The van der Waals surface area contributed by atoms with E-state index in [1.165, 1.54) is 11.0 Å². The van der Waals surface area contributed by atoms with Gasteiger partial charge < -0.3 is 20.3 Å².